The van der Waals surface area contributed by atoms with Gasteiger partial charge in [0.15, 0.2) is 0 Å². The van der Waals surface area contributed by atoms with Gasteiger partial charge in [-0.05, 0) is 28.5 Å². The lowest BCUT2D eigenvalue weighted by atomic mass is 9.97. The van der Waals surface area contributed by atoms with E-state index in [1.165, 1.54) is 16.3 Å². The normalized spacial score (nSPS) is 10.5. The smallest absolute Gasteiger partial charge is 0.130 e. The number of methoxy groups -OCH3 is 2. The van der Waals surface area contributed by atoms with Crippen LogP contribution < -0.4 is 9.47 Å². The average molecular weight is 264 g/mol. The minimum Gasteiger partial charge on any atom is -0.497 e. The number of ether oxygens (including phenoxy) is 2. The largest absolute Gasteiger partial charge is 0.497 e. The van der Waals surface area contributed by atoms with E-state index in [-0.39, 0.29) is 0 Å². The Morgan fingerprint density at radius 1 is 0.700 bits per heavy atom. The van der Waals surface area contributed by atoms with Crippen LogP contribution in [0.15, 0.2) is 60.7 Å². The molecule has 0 spiro atoms. The van der Waals surface area contributed by atoms with Crippen LogP contribution in [0.25, 0.3) is 21.9 Å². The fraction of sp³-hybridized carbons (Fsp3) is 0.111. The Kier molecular flexibility index (Phi) is 3.30. The molecule has 0 aromatic heterocycles. The zero-order valence-electron chi connectivity index (χ0n) is 11.6. The van der Waals surface area contributed by atoms with Gasteiger partial charge < -0.3 is 9.47 Å². The van der Waals surface area contributed by atoms with Gasteiger partial charge in [-0.3, -0.25) is 0 Å². The van der Waals surface area contributed by atoms with Crippen LogP contribution in [-0.2, 0) is 0 Å². The summed E-state index contributed by atoms with van der Waals surface area (Å²) in [6.45, 7) is 0. The number of benzene rings is 3. The number of rotatable bonds is 3. The van der Waals surface area contributed by atoms with E-state index in [1.54, 1.807) is 14.2 Å². The number of fused-ring (bicyclic) bond motifs is 1. The highest BCUT2D eigenvalue weighted by Gasteiger charge is 2.10. The van der Waals surface area contributed by atoms with Crippen molar-refractivity contribution in [2.45, 2.75) is 0 Å². The van der Waals surface area contributed by atoms with Crippen molar-refractivity contribution in [2.75, 3.05) is 14.2 Å². The Balaban J connectivity index is 2.25. The first-order valence-corrected chi connectivity index (χ1v) is 6.53. The molecule has 0 saturated heterocycles. The third-order valence-electron chi connectivity index (χ3n) is 3.49. The maximum absolute atomic E-state index is 5.51. The monoisotopic (exact) mass is 264 g/mol. The molecule has 0 aliphatic rings. The molecule has 0 amide bonds. The van der Waals surface area contributed by atoms with E-state index in [2.05, 4.69) is 42.5 Å². The summed E-state index contributed by atoms with van der Waals surface area (Å²) in [5.41, 5.74) is 2.24. The van der Waals surface area contributed by atoms with Crippen molar-refractivity contribution in [3.63, 3.8) is 0 Å². The molecule has 0 saturated carbocycles. The lowest BCUT2D eigenvalue weighted by Crippen LogP contribution is -1.91. The highest BCUT2D eigenvalue weighted by atomic mass is 16.5. The molecular formula is C18H16O2. The Morgan fingerprint density at radius 2 is 1.50 bits per heavy atom. The molecule has 0 aliphatic heterocycles. The summed E-state index contributed by atoms with van der Waals surface area (Å²) in [7, 11) is 3.34. The van der Waals surface area contributed by atoms with Crippen LogP contribution in [0, 0.1) is 0 Å². The third-order valence-corrected chi connectivity index (χ3v) is 3.49. The van der Waals surface area contributed by atoms with E-state index in [4.69, 9.17) is 9.47 Å². The molecule has 2 nitrogen and oxygen atoms in total. The van der Waals surface area contributed by atoms with E-state index in [9.17, 15) is 0 Å². The average Bonchev–Trinajstić information content (AvgIpc) is 2.53. The molecule has 2 heteroatoms. The second-order valence-electron chi connectivity index (χ2n) is 4.59. The molecule has 0 unspecified atom stereocenters. The Hall–Kier alpha value is -2.48. The van der Waals surface area contributed by atoms with Crippen molar-refractivity contribution in [1.29, 1.82) is 0 Å². The van der Waals surface area contributed by atoms with Gasteiger partial charge in [0.25, 0.3) is 0 Å². The SMILES string of the molecule is COc1ccc(-c2cccc3ccccc23)c(OC)c1. The molecule has 0 aliphatic carbocycles. The van der Waals surface area contributed by atoms with Gasteiger partial charge in [-0.15, -0.1) is 0 Å². The van der Waals surface area contributed by atoms with Crippen LogP contribution in [0.4, 0.5) is 0 Å². The summed E-state index contributed by atoms with van der Waals surface area (Å²) in [4.78, 5) is 0. The third kappa shape index (κ3) is 2.10. The first-order chi connectivity index (χ1) is 9.83. The van der Waals surface area contributed by atoms with Gasteiger partial charge in [0.05, 0.1) is 14.2 Å². The molecule has 0 radical (unpaired) electrons. The lowest BCUT2D eigenvalue weighted by Gasteiger charge is -2.12. The molecule has 0 bridgehead atoms. The summed E-state index contributed by atoms with van der Waals surface area (Å²) >= 11 is 0. The molecule has 3 aromatic carbocycles. The molecular weight excluding hydrogens is 248 g/mol. The lowest BCUT2D eigenvalue weighted by molar-refractivity contribution is 0.395. The summed E-state index contributed by atoms with van der Waals surface area (Å²) in [5, 5.41) is 2.45. The van der Waals surface area contributed by atoms with Gasteiger partial charge in [0.1, 0.15) is 11.5 Å². The molecule has 0 fully saturated rings. The van der Waals surface area contributed by atoms with E-state index >= 15 is 0 Å². The zero-order valence-corrected chi connectivity index (χ0v) is 11.6. The van der Waals surface area contributed by atoms with E-state index in [0.717, 1.165) is 17.1 Å². The highest BCUT2D eigenvalue weighted by molar-refractivity contribution is 5.98. The molecule has 100 valence electrons. The molecule has 0 heterocycles. The van der Waals surface area contributed by atoms with Crippen LogP contribution in [-0.4, -0.2) is 14.2 Å². The summed E-state index contributed by atoms with van der Waals surface area (Å²) < 4.78 is 10.8. The molecule has 0 N–H and O–H groups in total. The number of hydrogen-bond donors (Lipinski definition) is 0. The molecule has 3 aromatic rings. The molecule has 0 atom stereocenters. The zero-order chi connectivity index (χ0) is 13.9. The Bertz CT molecular complexity index is 742. The predicted octanol–water partition coefficient (Wildman–Crippen LogP) is 4.52. The van der Waals surface area contributed by atoms with Crippen LogP contribution in [0.2, 0.25) is 0 Å². The van der Waals surface area contributed by atoms with Crippen molar-refractivity contribution in [3.05, 3.63) is 60.7 Å². The van der Waals surface area contributed by atoms with E-state index in [0.29, 0.717) is 0 Å². The number of hydrogen-bond acceptors (Lipinski definition) is 2. The maximum atomic E-state index is 5.51. The van der Waals surface area contributed by atoms with Crippen LogP contribution >= 0.6 is 0 Å². The van der Waals surface area contributed by atoms with Crippen molar-refractivity contribution < 1.29 is 9.47 Å². The molecule has 3 rings (SSSR count). The Morgan fingerprint density at radius 3 is 2.30 bits per heavy atom. The predicted molar refractivity (Wildman–Crippen MR) is 82.5 cm³/mol. The standard InChI is InChI=1S/C18H16O2/c1-19-14-10-11-17(18(12-14)20-2)16-9-5-7-13-6-3-4-8-15(13)16/h3-12H,1-2H3. The van der Waals surface area contributed by atoms with Crippen molar-refractivity contribution in [3.8, 4) is 22.6 Å². The summed E-state index contributed by atoms with van der Waals surface area (Å²) in [6.07, 6.45) is 0. The van der Waals surface area contributed by atoms with Gasteiger partial charge in [-0.25, -0.2) is 0 Å². The van der Waals surface area contributed by atoms with Crippen LogP contribution in [0.3, 0.4) is 0 Å². The van der Waals surface area contributed by atoms with Crippen molar-refractivity contribution in [2.24, 2.45) is 0 Å². The minimum absolute atomic E-state index is 0.797. The van der Waals surface area contributed by atoms with E-state index < -0.39 is 0 Å². The van der Waals surface area contributed by atoms with Gasteiger partial charge in [-0.1, -0.05) is 42.5 Å². The maximum Gasteiger partial charge on any atom is 0.130 e. The van der Waals surface area contributed by atoms with Crippen LogP contribution in [0.1, 0.15) is 0 Å². The van der Waals surface area contributed by atoms with Gasteiger partial charge in [-0.2, -0.15) is 0 Å². The first kappa shape index (κ1) is 12.5. The first-order valence-electron chi connectivity index (χ1n) is 6.53. The van der Waals surface area contributed by atoms with Gasteiger partial charge in [0, 0.05) is 11.6 Å². The Labute approximate surface area is 118 Å². The van der Waals surface area contributed by atoms with E-state index in [1.807, 2.05) is 18.2 Å². The van der Waals surface area contributed by atoms with Crippen molar-refractivity contribution >= 4 is 10.8 Å². The molecule has 20 heavy (non-hydrogen) atoms. The van der Waals surface area contributed by atoms with Crippen LogP contribution in [0.5, 0.6) is 11.5 Å². The fourth-order valence-corrected chi connectivity index (χ4v) is 2.48. The second kappa shape index (κ2) is 5.25. The highest BCUT2D eigenvalue weighted by Crippen LogP contribution is 2.36. The second-order valence-corrected chi connectivity index (χ2v) is 4.59. The van der Waals surface area contributed by atoms with Gasteiger partial charge in [0.2, 0.25) is 0 Å². The topological polar surface area (TPSA) is 18.5 Å². The fourth-order valence-electron chi connectivity index (χ4n) is 2.48. The summed E-state index contributed by atoms with van der Waals surface area (Å²) in [5.74, 6) is 1.62. The van der Waals surface area contributed by atoms with Crippen molar-refractivity contribution in [1.82, 2.24) is 0 Å². The summed E-state index contributed by atoms with van der Waals surface area (Å²) in [6, 6.07) is 20.6. The van der Waals surface area contributed by atoms with Gasteiger partial charge >= 0.3 is 0 Å². The quantitative estimate of drug-likeness (QED) is 0.692. The minimum atomic E-state index is 0.797.